The van der Waals surface area contributed by atoms with Gasteiger partial charge in [0.25, 0.3) is 5.69 Å². The number of hydrogen-bond donors (Lipinski definition) is 1. The van der Waals surface area contributed by atoms with Crippen LogP contribution in [0.25, 0.3) is 0 Å². The third-order valence-corrected chi connectivity index (χ3v) is 5.03. The molecule has 1 heterocycles. The summed E-state index contributed by atoms with van der Waals surface area (Å²) < 4.78 is 0.309. The second kappa shape index (κ2) is 6.01. The van der Waals surface area contributed by atoms with Gasteiger partial charge in [0.2, 0.25) is 0 Å². The highest BCUT2D eigenvalue weighted by Gasteiger charge is 2.24. The Morgan fingerprint density at radius 3 is 2.90 bits per heavy atom. The van der Waals surface area contributed by atoms with Crippen molar-refractivity contribution in [3.63, 3.8) is 0 Å². The molecule has 1 aromatic rings. The van der Waals surface area contributed by atoms with Crippen molar-refractivity contribution in [1.82, 2.24) is 4.90 Å². The van der Waals surface area contributed by atoms with Gasteiger partial charge < -0.3 is 5.73 Å². The van der Waals surface area contributed by atoms with Crippen LogP contribution in [0.1, 0.15) is 25.8 Å². The predicted octanol–water partition coefficient (Wildman–Crippen LogP) is 2.89. The maximum atomic E-state index is 10.8. The van der Waals surface area contributed by atoms with E-state index in [9.17, 15) is 10.1 Å². The first-order valence-corrected chi connectivity index (χ1v) is 7.75. The van der Waals surface area contributed by atoms with Crippen LogP contribution in [0.2, 0.25) is 0 Å². The van der Waals surface area contributed by atoms with Gasteiger partial charge in [-0.05, 0) is 24.6 Å². The molecule has 0 spiro atoms. The fourth-order valence-corrected chi connectivity index (χ4v) is 3.44. The topological polar surface area (TPSA) is 72.4 Å². The van der Waals surface area contributed by atoms with Crippen molar-refractivity contribution in [2.45, 2.75) is 31.6 Å². The van der Waals surface area contributed by atoms with Crippen LogP contribution < -0.4 is 5.73 Å². The number of anilines is 1. The third-order valence-electron chi connectivity index (χ3n) is 3.66. The number of nitrogens with zero attached hydrogens (tertiary/aromatic N) is 2. The van der Waals surface area contributed by atoms with Gasteiger partial charge in [0.15, 0.2) is 0 Å². The smallest absolute Gasteiger partial charge is 0.269 e. The largest absolute Gasteiger partial charge is 0.398 e. The Bertz CT molecular complexity index is 505. The minimum Gasteiger partial charge on any atom is -0.398 e. The van der Waals surface area contributed by atoms with Crippen molar-refractivity contribution in [3.8, 4) is 0 Å². The molecule has 0 aliphatic carbocycles. The van der Waals surface area contributed by atoms with Crippen LogP contribution in [-0.2, 0) is 6.54 Å². The number of nitrogens with two attached hydrogens (primary N) is 1. The van der Waals surface area contributed by atoms with Crippen LogP contribution >= 0.6 is 11.8 Å². The van der Waals surface area contributed by atoms with E-state index in [1.165, 1.54) is 6.07 Å². The molecule has 20 heavy (non-hydrogen) atoms. The van der Waals surface area contributed by atoms with E-state index in [-0.39, 0.29) is 10.6 Å². The summed E-state index contributed by atoms with van der Waals surface area (Å²) in [6, 6.07) is 4.68. The molecular formula is C14H21N3O2S. The van der Waals surface area contributed by atoms with Crippen molar-refractivity contribution in [2.24, 2.45) is 0 Å². The molecule has 0 bridgehead atoms. The van der Waals surface area contributed by atoms with Gasteiger partial charge in [-0.25, -0.2) is 0 Å². The number of nitrogen functional groups attached to an aromatic ring is 1. The van der Waals surface area contributed by atoms with E-state index in [1.54, 1.807) is 12.1 Å². The van der Waals surface area contributed by atoms with Crippen molar-refractivity contribution >= 4 is 23.1 Å². The summed E-state index contributed by atoms with van der Waals surface area (Å²) in [6.07, 6.45) is 1.12. The maximum Gasteiger partial charge on any atom is 0.269 e. The first kappa shape index (κ1) is 15.1. The number of rotatable bonds is 3. The quantitative estimate of drug-likeness (QED) is 0.527. The van der Waals surface area contributed by atoms with Crippen LogP contribution in [0.15, 0.2) is 18.2 Å². The number of hydrogen-bond acceptors (Lipinski definition) is 5. The number of benzene rings is 1. The van der Waals surface area contributed by atoms with E-state index in [2.05, 4.69) is 18.7 Å². The van der Waals surface area contributed by atoms with Gasteiger partial charge in [-0.1, -0.05) is 13.8 Å². The fraction of sp³-hybridized carbons (Fsp3) is 0.571. The Morgan fingerprint density at radius 1 is 1.45 bits per heavy atom. The van der Waals surface area contributed by atoms with Gasteiger partial charge in [0.05, 0.1) is 4.92 Å². The maximum absolute atomic E-state index is 10.8. The van der Waals surface area contributed by atoms with Crippen molar-refractivity contribution in [2.75, 3.05) is 24.6 Å². The monoisotopic (exact) mass is 295 g/mol. The van der Waals surface area contributed by atoms with Crippen LogP contribution in [0.5, 0.6) is 0 Å². The highest BCUT2D eigenvalue weighted by molar-refractivity contribution is 8.00. The average Bonchev–Trinajstić information content (AvgIpc) is 2.53. The summed E-state index contributed by atoms with van der Waals surface area (Å²) in [5.74, 6) is 1.09. The van der Waals surface area contributed by atoms with E-state index < -0.39 is 0 Å². The lowest BCUT2D eigenvalue weighted by Gasteiger charge is -2.23. The molecule has 2 rings (SSSR count). The van der Waals surface area contributed by atoms with Crippen LogP contribution in [0.3, 0.4) is 0 Å². The van der Waals surface area contributed by atoms with Gasteiger partial charge in [-0.15, -0.1) is 0 Å². The number of thioether (sulfide) groups is 1. The van der Waals surface area contributed by atoms with Crippen molar-refractivity contribution in [1.29, 1.82) is 0 Å². The van der Waals surface area contributed by atoms with Crippen LogP contribution in [0.4, 0.5) is 11.4 Å². The molecule has 1 aliphatic rings. The summed E-state index contributed by atoms with van der Waals surface area (Å²) in [7, 11) is 0. The summed E-state index contributed by atoms with van der Waals surface area (Å²) in [4.78, 5) is 12.8. The zero-order chi connectivity index (χ0) is 14.8. The Labute approximate surface area is 123 Å². The Hall–Kier alpha value is -1.27. The lowest BCUT2D eigenvalue weighted by Crippen LogP contribution is -2.27. The predicted molar refractivity (Wildman–Crippen MR) is 83.9 cm³/mol. The normalized spacial score (nSPS) is 19.5. The van der Waals surface area contributed by atoms with E-state index >= 15 is 0 Å². The second-order valence-electron chi connectivity index (χ2n) is 5.77. The molecule has 0 unspecified atom stereocenters. The van der Waals surface area contributed by atoms with Crippen molar-refractivity contribution < 1.29 is 4.92 Å². The van der Waals surface area contributed by atoms with E-state index in [0.717, 1.165) is 30.8 Å². The molecule has 1 fully saturated rings. The molecule has 0 radical (unpaired) electrons. The molecule has 0 aromatic heterocycles. The average molecular weight is 295 g/mol. The van der Waals surface area contributed by atoms with E-state index in [1.807, 2.05) is 11.8 Å². The van der Waals surface area contributed by atoms with Gasteiger partial charge in [-0.2, -0.15) is 11.8 Å². The fourth-order valence-electron chi connectivity index (χ4n) is 2.30. The Kier molecular flexibility index (Phi) is 4.55. The molecule has 1 aliphatic heterocycles. The summed E-state index contributed by atoms with van der Waals surface area (Å²) in [5.41, 5.74) is 7.54. The lowest BCUT2D eigenvalue weighted by atomic mass is 10.1. The molecule has 5 nitrogen and oxygen atoms in total. The van der Waals surface area contributed by atoms with Crippen LogP contribution in [-0.4, -0.2) is 33.4 Å². The minimum absolute atomic E-state index is 0.110. The molecule has 2 N–H and O–H groups in total. The van der Waals surface area contributed by atoms with Gasteiger partial charge in [0, 0.05) is 41.4 Å². The third kappa shape index (κ3) is 3.86. The molecule has 1 aromatic carbocycles. The minimum atomic E-state index is -0.371. The zero-order valence-corrected chi connectivity index (χ0v) is 12.8. The molecular weight excluding hydrogens is 274 g/mol. The number of nitro groups is 1. The van der Waals surface area contributed by atoms with Crippen molar-refractivity contribution in [3.05, 3.63) is 33.9 Å². The molecule has 110 valence electrons. The molecule has 0 amide bonds. The Balaban J connectivity index is 2.09. The van der Waals surface area contributed by atoms with E-state index in [0.29, 0.717) is 17.0 Å². The highest BCUT2D eigenvalue weighted by Crippen LogP contribution is 2.31. The molecule has 0 atom stereocenters. The highest BCUT2D eigenvalue weighted by atomic mass is 32.2. The number of nitro benzene ring substituents is 1. The first-order valence-electron chi connectivity index (χ1n) is 6.76. The summed E-state index contributed by atoms with van der Waals surface area (Å²) in [6.45, 7) is 7.22. The summed E-state index contributed by atoms with van der Waals surface area (Å²) in [5, 5.41) is 10.8. The first-order chi connectivity index (χ1) is 9.37. The van der Waals surface area contributed by atoms with Crippen LogP contribution in [0, 0.1) is 10.1 Å². The van der Waals surface area contributed by atoms with Gasteiger partial charge >= 0.3 is 0 Å². The van der Waals surface area contributed by atoms with E-state index in [4.69, 9.17) is 5.73 Å². The summed E-state index contributed by atoms with van der Waals surface area (Å²) >= 11 is 1.99. The molecule has 6 heteroatoms. The second-order valence-corrected chi connectivity index (χ2v) is 7.58. The van der Waals surface area contributed by atoms with Gasteiger partial charge in [0.1, 0.15) is 0 Å². The zero-order valence-electron chi connectivity index (χ0n) is 12.0. The lowest BCUT2D eigenvalue weighted by molar-refractivity contribution is -0.384. The molecule has 0 saturated carbocycles. The molecule has 1 saturated heterocycles. The van der Waals surface area contributed by atoms with Gasteiger partial charge in [-0.3, -0.25) is 15.0 Å². The standard InChI is InChI=1S/C14H21N3O2S/c1-14(2)5-6-16(7-8-20-14)10-11-9-12(17(18)19)3-4-13(11)15/h3-4,9H,5-8,10,15H2,1-2H3. The SMILES string of the molecule is CC1(C)CCN(Cc2cc([N+](=O)[O-])ccc2N)CCS1. The Morgan fingerprint density at radius 2 is 2.20 bits per heavy atom. The number of non-ortho nitro benzene ring substituents is 1.